The van der Waals surface area contributed by atoms with Crippen molar-refractivity contribution in [2.24, 2.45) is 0 Å². The van der Waals surface area contributed by atoms with Gasteiger partial charge >= 0.3 is 0 Å². The van der Waals surface area contributed by atoms with E-state index in [1.54, 1.807) is 23.1 Å². The number of aliphatic hydroxyl groups excluding tert-OH is 2. The van der Waals surface area contributed by atoms with Crippen LogP contribution in [0.3, 0.4) is 0 Å². The lowest BCUT2D eigenvalue weighted by molar-refractivity contribution is 0.281. The first-order valence-corrected chi connectivity index (χ1v) is 5.27. The van der Waals surface area contributed by atoms with Gasteiger partial charge in [-0.2, -0.15) is 5.26 Å². The van der Waals surface area contributed by atoms with Gasteiger partial charge in [-0.3, -0.25) is 0 Å². The molecule has 1 aromatic carbocycles. The lowest BCUT2D eigenvalue weighted by Crippen LogP contribution is -2.30. The largest absolute Gasteiger partial charge is 0.395 e. The Morgan fingerprint density at radius 3 is 2.38 bits per heavy atom. The molecule has 16 heavy (non-hydrogen) atoms. The molecule has 0 aliphatic carbocycles. The summed E-state index contributed by atoms with van der Waals surface area (Å²) in [7, 11) is 0. The number of halogens is 1. The highest BCUT2D eigenvalue weighted by atomic mass is 35.5. The molecule has 0 saturated heterocycles. The summed E-state index contributed by atoms with van der Waals surface area (Å²) < 4.78 is 0. The number of benzene rings is 1. The maximum Gasteiger partial charge on any atom is 0.103 e. The first-order valence-electron chi connectivity index (χ1n) is 4.90. The Hall–Kier alpha value is -1.28. The van der Waals surface area contributed by atoms with Crippen LogP contribution in [0.1, 0.15) is 5.56 Å². The van der Waals surface area contributed by atoms with Crippen LogP contribution >= 0.6 is 11.6 Å². The van der Waals surface area contributed by atoms with Crippen molar-refractivity contribution in [1.82, 2.24) is 0 Å². The van der Waals surface area contributed by atoms with Crippen LogP contribution in [-0.2, 0) is 0 Å². The molecule has 1 rings (SSSR count). The van der Waals surface area contributed by atoms with Gasteiger partial charge in [-0.1, -0.05) is 17.7 Å². The molecule has 0 bridgehead atoms. The molecule has 5 heteroatoms. The summed E-state index contributed by atoms with van der Waals surface area (Å²) in [6.07, 6.45) is 0. The fraction of sp³-hybridized carbons (Fsp3) is 0.364. The third kappa shape index (κ3) is 2.86. The number of aliphatic hydroxyl groups is 2. The molecule has 0 spiro atoms. The van der Waals surface area contributed by atoms with E-state index >= 15 is 0 Å². The van der Waals surface area contributed by atoms with Crippen LogP contribution in [0.2, 0.25) is 5.02 Å². The molecule has 0 aliphatic rings. The number of hydrogen-bond acceptors (Lipinski definition) is 4. The van der Waals surface area contributed by atoms with E-state index in [0.29, 0.717) is 29.4 Å². The lowest BCUT2D eigenvalue weighted by atomic mass is 10.1. The predicted molar refractivity (Wildman–Crippen MR) is 62.6 cm³/mol. The third-order valence-corrected chi connectivity index (χ3v) is 2.50. The maximum atomic E-state index is 9.00. The molecule has 0 radical (unpaired) electrons. The van der Waals surface area contributed by atoms with Gasteiger partial charge in [0.25, 0.3) is 0 Å². The minimum Gasteiger partial charge on any atom is -0.395 e. The second-order valence-corrected chi connectivity index (χ2v) is 3.59. The summed E-state index contributed by atoms with van der Waals surface area (Å²) in [5, 5.41) is 27.2. The van der Waals surface area contributed by atoms with E-state index in [-0.39, 0.29) is 13.2 Å². The van der Waals surface area contributed by atoms with Crippen LogP contribution in [0.4, 0.5) is 5.69 Å². The normalized spacial score (nSPS) is 9.88. The minimum atomic E-state index is -0.0443. The van der Waals surface area contributed by atoms with Gasteiger partial charge in [0.05, 0.1) is 29.5 Å². The van der Waals surface area contributed by atoms with Crippen molar-refractivity contribution in [2.45, 2.75) is 0 Å². The molecule has 2 N–H and O–H groups in total. The molecule has 0 unspecified atom stereocenters. The Bertz CT molecular complexity index is 384. The number of rotatable bonds is 5. The molecular formula is C11H13ClN2O2. The van der Waals surface area contributed by atoms with E-state index in [2.05, 4.69) is 0 Å². The van der Waals surface area contributed by atoms with E-state index < -0.39 is 0 Å². The van der Waals surface area contributed by atoms with Crippen LogP contribution < -0.4 is 4.90 Å². The quantitative estimate of drug-likeness (QED) is 0.806. The average Bonchev–Trinajstić information content (AvgIpc) is 2.28. The van der Waals surface area contributed by atoms with Gasteiger partial charge in [0, 0.05) is 13.1 Å². The fourth-order valence-corrected chi connectivity index (χ4v) is 1.69. The number of nitriles is 1. The van der Waals surface area contributed by atoms with Crippen LogP contribution in [0.15, 0.2) is 18.2 Å². The Morgan fingerprint density at radius 1 is 1.25 bits per heavy atom. The van der Waals surface area contributed by atoms with E-state index in [0.717, 1.165) is 0 Å². The molecule has 0 aromatic heterocycles. The summed E-state index contributed by atoms with van der Waals surface area (Å²) in [6.45, 7) is 0.625. The minimum absolute atomic E-state index is 0.0443. The molecule has 0 amide bonds. The van der Waals surface area contributed by atoms with E-state index in [1.165, 1.54) is 0 Å². The molecular weight excluding hydrogens is 228 g/mol. The van der Waals surface area contributed by atoms with Gasteiger partial charge in [0.2, 0.25) is 0 Å². The van der Waals surface area contributed by atoms with Crippen molar-refractivity contribution >= 4 is 17.3 Å². The van der Waals surface area contributed by atoms with Crippen LogP contribution in [0.5, 0.6) is 0 Å². The van der Waals surface area contributed by atoms with Crippen LogP contribution in [0, 0.1) is 11.3 Å². The first-order chi connectivity index (χ1) is 7.74. The highest BCUT2D eigenvalue weighted by Gasteiger charge is 2.12. The fourth-order valence-electron chi connectivity index (χ4n) is 1.48. The van der Waals surface area contributed by atoms with Crippen molar-refractivity contribution in [2.75, 3.05) is 31.2 Å². The van der Waals surface area contributed by atoms with Gasteiger partial charge in [-0.15, -0.1) is 0 Å². The predicted octanol–water partition coefficient (Wildman–Crippen LogP) is 1.00. The van der Waals surface area contributed by atoms with Crippen molar-refractivity contribution in [1.29, 1.82) is 5.26 Å². The van der Waals surface area contributed by atoms with Gasteiger partial charge < -0.3 is 15.1 Å². The monoisotopic (exact) mass is 240 g/mol. The Kier molecular flexibility index (Phi) is 5.06. The van der Waals surface area contributed by atoms with E-state index in [1.807, 2.05) is 6.07 Å². The summed E-state index contributed by atoms with van der Waals surface area (Å²) >= 11 is 5.90. The van der Waals surface area contributed by atoms with Gasteiger partial charge in [-0.25, -0.2) is 0 Å². The molecule has 0 saturated carbocycles. The molecule has 0 atom stereocenters. The second kappa shape index (κ2) is 6.33. The second-order valence-electron chi connectivity index (χ2n) is 3.18. The summed E-state index contributed by atoms with van der Waals surface area (Å²) in [6, 6.07) is 7.14. The highest BCUT2D eigenvalue weighted by molar-refractivity contribution is 6.32. The van der Waals surface area contributed by atoms with Crippen molar-refractivity contribution in [3.63, 3.8) is 0 Å². The number of hydrogen-bond donors (Lipinski definition) is 2. The van der Waals surface area contributed by atoms with E-state index in [9.17, 15) is 0 Å². The van der Waals surface area contributed by atoms with Crippen molar-refractivity contribution in [3.05, 3.63) is 28.8 Å². The molecule has 1 aromatic rings. The SMILES string of the molecule is N#Cc1c(Cl)cccc1N(CCO)CCO. The number of anilines is 1. The molecule has 86 valence electrons. The Morgan fingerprint density at radius 2 is 1.88 bits per heavy atom. The standard InChI is InChI=1S/C11H13ClN2O2/c12-10-2-1-3-11(9(10)8-13)14(4-6-15)5-7-16/h1-3,15-16H,4-7H2. The van der Waals surface area contributed by atoms with Gasteiger partial charge in [-0.05, 0) is 12.1 Å². The van der Waals surface area contributed by atoms with Crippen molar-refractivity contribution in [3.8, 4) is 6.07 Å². The smallest absolute Gasteiger partial charge is 0.103 e. The molecule has 0 heterocycles. The summed E-state index contributed by atoms with van der Waals surface area (Å²) in [4.78, 5) is 1.73. The number of nitrogens with zero attached hydrogens (tertiary/aromatic N) is 2. The molecule has 0 aliphatic heterocycles. The highest BCUT2D eigenvalue weighted by Crippen LogP contribution is 2.26. The van der Waals surface area contributed by atoms with Gasteiger partial charge in [0.1, 0.15) is 6.07 Å². The summed E-state index contributed by atoms with van der Waals surface area (Å²) in [5.74, 6) is 0. The topological polar surface area (TPSA) is 67.5 Å². The summed E-state index contributed by atoms with van der Waals surface area (Å²) in [5.41, 5.74) is 1.00. The Labute approximate surface area is 99.3 Å². The van der Waals surface area contributed by atoms with Crippen LogP contribution in [-0.4, -0.2) is 36.5 Å². The zero-order valence-electron chi connectivity index (χ0n) is 8.73. The zero-order valence-corrected chi connectivity index (χ0v) is 9.48. The molecule has 0 fully saturated rings. The Balaban J connectivity index is 3.08. The van der Waals surface area contributed by atoms with Gasteiger partial charge in [0.15, 0.2) is 0 Å². The van der Waals surface area contributed by atoms with Crippen molar-refractivity contribution < 1.29 is 10.2 Å². The zero-order chi connectivity index (χ0) is 12.0. The molecule has 4 nitrogen and oxygen atoms in total. The lowest BCUT2D eigenvalue weighted by Gasteiger charge is -2.24. The first kappa shape index (κ1) is 12.8. The maximum absolute atomic E-state index is 9.00. The van der Waals surface area contributed by atoms with E-state index in [4.69, 9.17) is 27.1 Å². The van der Waals surface area contributed by atoms with Crippen LogP contribution in [0.25, 0.3) is 0 Å². The third-order valence-electron chi connectivity index (χ3n) is 2.18. The average molecular weight is 241 g/mol.